The maximum atomic E-state index is 12.8. The summed E-state index contributed by atoms with van der Waals surface area (Å²) in [6, 6.07) is 7.08. The first-order valence-corrected chi connectivity index (χ1v) is 8.46. The molecule has 0 bridgehead atoms. The Balaban J connectivity index is 1.41. The molecule has 0 N–H and O–H groups in total. The van der Waals surface area contributed by atoms with Crippen LogP contribution in [0.25, 0.3) is 10.9 Å². The molecule has 8 nitrogen and oxygen atoms in total. The molecule has 1 atom stereocenters. The van der Waals surface area contributed by atoms with E-state index in [0.717, 1.165) is 12.4 Å². The van der Waals surface area contributed by atoms with Crippen molar-refractivity contribution >= 4 is 16.8 Å². The Hall–Kier alpha value is -3.36. The SMILES string of the molecule is O=C(Cn1cnc2ccccc2c1=O)N1CCC(Oc2ncc(F)cn2)C1. The minimum atomic E-state index is -0.542. The first-order valence-electron chi connectivity index (χ1n) is 8.46. The van der Waals surface area contributed by atoms with Crippen molar-refractivity contribution in [1.82, 2.24) is 24.4 Å². The van der Waals surface area contributed by atoms with E-state index in [2.05, 4.69) is 15.0 Å². The molecule has 1 aromatic carbocycles. The number of carbonyl (C=O) groups excluding carboxylic acids is 1. The van der Waals surface area contributed by atoms with Crippen molar-refractivity contribution in [3.05, 3.63) is 59.2 Å². The van der Waals surface area contributed by atoms with Crippen LogP contribution in [-0.4, -0.2) is 49.5 Å². The molecule has 1 aliphatic heterocycles. The minimum absolute atomic E-state index is 0.0747. The van der Waals surface area contributed by atoms with Crippen LogP contribution in [0.4, 0.5) is 4.39 Å². The van der Waals surface area contributed by atoms with Gasteiger partial charge in [-0.1, -0.05) is 12.1 Å². The lowest BCUT2D eigenvalue weighted by Gasteiger charge is -2.17. The van der Waals surface area contributed by atoms with E-state index in [4.69, 9.17) is 4.74 Å². The molecule has 4 rings (SSSR count). The summed E-state index contributed by atoms with van der Waals surface area (Å²) in [5.74, 6) is -0.736. The Morgan fingerprint density at radius 2 is 2.00 bits per heavy atom. The topological polar surface area (TPSA) is 90.2 Å². The quantitative estimate of drug-likeness (QED) is 0.682. The van der Waals surface area contributed by atoms with Gasteiger partial charge in [0.2, 0.25) is 5.91 Å². The largest absolute Gasteiger partial charge is 0.458 e. The van der Waals surface area contributed by atoms with Crippen LogP contribution in [-0.2, 0) is 11.3 Å². The molecule has 9 heteroatoms. The number of rotatable bonds is 4. The Morgan fingerprint density at radius 3 is 2.81 bits per heavy atom. The second-order valence-electron chi connectivity index (χ2n) is 6.25. The van der Waals surface area contributed by atoms with Gasteiger partial charge in [0.05, 0.1) is 36.2 Å². The molecular formula is C18H16FN5O3. The molecule has 1 amide bonds. The number of carbonyl (C=O) groups is 1. The Bertz CT molecular complexity index is 1040. The molecule has 1 aliphatic rings. The molecule has 1 fully saturated rings. The first kappa shape index (κ1) is 17.1. The van der Waals surface area contributed by atoms with Crippen molar-refractivity contribution in [2.45, 2.75) is 19.1 Å². The third-order valence-electron chi connectivity index (χ3n) is 4.40. The number of likely N-dealkylation sites (tertiary alicyclic amines) is 1. The van der Waals surface area contributed by atoms with Gasteiger partial charge in [0.15, 0.2) is 5.82 Å². The number of para-hydroxylation sites is 1. The fraction of sp³-hybridized carbons (Fsp3) is 0.278. The zero-order chi connectivity index (χ0) is 18.8. The van der Waals surface area contributed by atoms with E-state index >= 15 is 0 Å². The van der Waals surface area contributed by atoms with Gasteiger partial charge in [-0.15, -0.1) is 0 Å². The number of benzene rings is 1. The van der Waals surface area contributed by atoms with Crippen LogP contribution < -0.4 is 10.3 Å². The summed E-state index contributed by atoms with van der Waals surface area (Å²) in [7, 11) is 0. The van der Waals surface area contributed by atoms with Crippen LogP contribution in [0.3, 0.4) is 0 Å². The molecule has 27 heavy (non-hydrogen) atoms. The number of aromatic nitrogens is 4. The van der Waals surface area contributed by atoms with Crippen LogP contribution in [0.2, 0.25) is 0 Å². The fourth-order valence-corrected chi connectivity index (χ4v) is 3.03. The molecule has 1 unspecified atom stereocenters. The number of nitrogens with zero attached hydrogens (tertiary/aromatic N) is 5. The summed E-state index contributed by atoms with van der Waals surface area (Å²) in [6.45, 7) is 0.770. The third kappa shape index (κ3) is 3.62. The maximum absolute atomic E-state index is 12.8. The van der Waals surface area contributed by atoms with Gasteiger partial charge in [-0.25, -0.2) is 19.3 Å². The van der Waals surface area contributed by atoms with Crippen molar-refractivity contribution in [2.24, 2.45) is 0 Å². The zero-order valence-corrected chi connectivity index (χ0v) is 14.3. The van der Waals surface area contributed by atoms with Gasteiger partial charge in [0.25, 0.3) is 5.56 Å². The van der Waals surface area contributed by atoms with Gasteiger partial charge in [0, 0.05) is 13.0 Å². The molecule has 0 spiro atoms. The van der Waals surface area contributed by atoms with Crippen molar-refractivity contribution in [3.8, 4) is 6.01 Å². The number of fused-ring (bicyclic) bond motifs is 1. The highest BCUT2D eigenvalue weighted by molar-refractivity contribution is 5.79. The first-order chi connectivity index (χ1) is 13.1. The van der Waals surface area contributed by atoms with Gasteiger partial charge < -0.3 is 9.64 Å². The third-order valence-corrected chi connectivity index (χ3v) is 4.40. The number of hydrogen-bond donors (Lipinski definition) is 0. The molecule has 138 valence electrons. The second-order valence-corrected chi connectivity index (χ2v) is 6.25. The summed E-state index contributed by atoms with van der Waals surface area (Å²) in [4.78, 5) is 38.4. The molecule has 0 aliphatic carbocycles. The summed E-state index contributed by atoms with van der Waals surface area (Å²) in [5.41, 5.74) is 0.348. The van der Waals surface area contributed by atoms with E-state index < -0.39 is 5.82 Å². The standard InChI is InChI=1S/C18H16FN5O3/c19-12-7-20-18(21-8-12)27-13-5-6-23(9-13)16(25)10-24-11-22-15-4-2-1-3-14(15)17(24)26/h1-4,7-8,11,13H,5-6,9-10H2. The Kier molecular flexibility index (Phi) is 4.49. The van der Waals surface area contributed by atoms with Gasteiger partial charge in [0.1, 0.15) is 12.6 Å². The van der Waals surface area contributed by atoms with Crippen LogP contribution in [0.15, 0.2) is 47.8 Å². The molecule has 0 saturated carbocycles. The Morgan fingerprint density at radius 1 is 1.22 bits per heavy atom. The molecule has 3 aromatic rings. The highest BCUT2D eigenvalue weighted by Crippen LogP contribution is 2.15. The van der Waals surface area contributed by atoms with E-state index in [1.807, 2.05) is 0 Å². The van der Waals surface area contributed by atoms with Gasteiger partial charge in [-0.05, 0) is 12.1 Å². The predicted molar refractivity (Wildman–Crippen MR) is 93.6 cm³/mol. The number of ether oxygens (including phenoxy) is 1. The summed E-state index contributed by atoms with van der Waals surface area (Å²) in [6.07, 6.45) is 3.78. The van der Waals surface area contributed by atoms with Crippen LogP contribution >= 0.6 is 0 Å². The number of halogens is 1. The lowest BCUT2D eigenvalue weighted by molar-refractivity contribution is -0.131. The Labute approximate surface area is 153 Å². The molecule has 2 aromatic heterocycles. The smallest absolute Gasteiger partial charge is 0.316 e. The molecule has 0 radical (unpaired) electrons. The second kappa shape index (κ2) is 7.10. The van der Waals surface area contributed by atoms with Crippen LogP contribution in [0.1, 0.15) is 6.42 Å². The average Bonchev–Trinajstić information content (AvgIpc) is 3.15. The van der Waals surface area contributed by atoms with Crippen molar-refractivity contribution < 1.29 is 13.9 Å². The summed E-state index contributed by atoms with van der Waals surface area (Å²) in [5, 5.41) is 0.476. The summed E-state index contributed by atoms with van der Waals surface area (Å²) >= 11 is 0. The molecule has 3 heterocycles. The van der Waals surface area contributed by atoms with E-state index in [-0.39, 0.29) is 30.1 Å². The van der Waals surface area contributed by atoms with Crippen LogP contribution in [0, 0.1) is 5.82 Å². The minimum Gasteiger partial charge on any atom is -0.458 e. The van der Waals surface area contributed by atoms with Crippen LogP contribution in [0.5, 0.6) is 6.01 Å². The average molecular weight is 369 g/mol. The van der Waals surface area contributed by atoms with E-state index in [1.54, 1.807) is 29.2 Å². The lowest BCUT2D eigenvalue weighted by Crippen LogP contribution is -2.36. The van der Waals surface area contributed by atoms with Crippen molar-refractivity contribution in [3.63, 3.8) is 0 Å². The van der Waals surface area contributed by atoms with E-state index in [1.165, 1.54) is 10.9 Å². The monoisotopic (exact) mass is 369 g/mol. The zero-order valence-electron chi connectivity index (χ0n) is 14.3. The van der Waals surface area contributed by atoms with E-state index in [9.17, 15) is 14.0 Å². The lowest BCUT2D eigenvalue weighted by atomic mass is 10.2. The summed E-state index contributed by atoms with van der Waals surface area (Å²) < 4.78 is 19.7. The van der Waals surface area contributed by atoms with Crippen molar-refractivity contribution in [1.29, 1.82) is 0 Å². The van der Waals surface area contributed by atoms with Gasteiger partial charge >= 0.3 is 6.01 Å². The molecule has 1 saturated heterocycles. The van der Waals surface area contributed by atoms with Gasteiger partial charge in [-0.2, -0.15) is 0 Å². The normalized spacial score (nSPS) is 16.6. The van der Waals surface area contributed by atoms with E-state index in [0.29, 0.717) is 30.4 Å². The highest BCUT2D eigenvalue weighted by Gasteiger charge is 2.28. The van der Waals surface area contributed by atoms with Crippen molar-refractivity contribution in [2.75, 3.05) is 13.1 Å². The maximum Gasteiger partial charge on any atom is 0.316 e. The highest BCUT2D eigenvalue weighted by atomic mass is 19.1. The fourth-order valence-electron chi connectivity index (χ4n) is 3.03. The number of amides is 1. The van der Waals surface area contributed by atoms with Gasteiger partial charge in [-0.3, -0.25) is 14.2 Å². The predicted octanol–water partition coefficient (Wildman–Crippen LogP) is 1.01. The molecular weight excluding hydrogens is 353 g/mol. The number of hydrogen-bond acceptors (Lipinski definition) is 6.